The van der Waals surface area contributed by atoms with Crippen molar-refractivity contribution in [3.05, 3.63) is 95.2 Å². The predicted molar refractivity (Wildman–Crippen MR) is 146 cm³/mol. The van der Waals surface area contributed by atoms with Crippen LogP contribution < -0.4 is 9.47 Å². The average molecular weight is 562 g/mol. The van der Waals surface area contributed by atoms with E-state index in [1.807, 2.05) is 25.1 Å². The molecular formula is C31H26F3N3O4. The lowest BCUT2D eigenvalue weighted by Crippen LogP contribution is -2.32. The third kappa shape index (κ3) is 4.69. The maximum absolute atomic E-state index is 15.0. The highest BCUT2D eigenvalue weighted by molar-refractivity contribution is 5.82. The van der Waals surface area contributed by atoms with E-state index in [-0.39, 0.29) is 41.5 Å². The number of fused-ring (bicyclic) bond motifs is 2. The van der Waals surface area contributed by atoms with Gasteiger partial charge < -0.3 is 24.2 Å². The van der Waals surface area contributed by atoms with E-state index < -0.39 is 28.6 Å². The second-order valence-corrected chi connectivity index (χ2v) is 10.0. The van der Waals surface area contributed by atoms with E-state index in [1.165, 1.54) is 24.4 Å². The number of esters is 1. The van der Waals surface area contributed by atoms with Gasteiger partial charge in [0.05, 0.1) is 36.4 Å². The van der Waals surface area contributed by atoms with Crippen LogP contribution in [0.2, 0.25) is 0 Å². The molecule has 10 heteroatoms. The van der Waals surface area contributed by atoms with Crippen LogP contribution in [0.15, 0.2) is 60.9 Å². The van der Waals surface area contributed by atoms with Crippen molar-refractivity contribution in [2.45, 2.75) is 32.1 Å². The summed E-state index contributed by atoms with van der Waals surface area (Å²) < 4.78 is 61.3. The maximum Gasteiger partial charge on any atom is 0.310 e. The summed E-state index contributed by atoms with van der Waals surface area (Å²) in [4.78, 5) is 22.7. The SMILES string of the molecule is CCOC(=O)Cc1cccc2c1OCC[C@@]2(C)c1c[nH]c(-c2cc(Oc3c(F)cc4[nH]ccc4c3F)ccc2F)n1. The number of para-hydroxylation sites is 1. The van der Waals surface area contributed by atoms with Crippen LogP contribution in [-0.2, 0) is 21.4 Å². The fourth-order valence-electron chi connectivity index (χ4n) is 5.27. The number of aromatic nitrogens is 3. The number of hydrogen-bond donors (Lipinski definition) is 2. The molecule has 0 saturated carbocycles. The van der Waals surface area contributed by atoms with Gasteiger partial charge in [0.1, 0.15) is 23.1 Å². The Balaban J connectivity index is 1.33. The van der Waals surface area contributed by atoms with Crippen LogP contribution in [0, 0.1) is 17.5 Å². The molecule has 2 N–H and O–H groups in total. The van der Waals surface area contributed by atoms with E-state index in [1.54, 1.807) is 13.1 Å². The van der Waals surface area contributed by atoms with Crippen molar-refractivity contribution in [2.75, 3.05) is 13.2 Å². The molecule has 5 aromatic rings. The molecule has 0 spiro atoms. The Morgan fingerprint density at radius 3 is 2.78 bits per heavy atom. The van der Waals surface area contributed by atoms with Gasteiger partial charge >= 0.3 is 5.97 Å². The number of aromatic amines is 2. The molecule has 3 heterocycles. The zero-order valence-corrected chi connectivity index (χ0v) is 22.3. The van der Waals surface area contributed by atoms with E-state index in [2.05, 4.69) is 9.97 Å². The summed E-state index contributed by atoms with van der Waals surface area (Å²) in [7, 11) is 0. The fourth-order valence-corrected chi connectivity index (χ4v) is 5.27. The first-order valence-corrected chi connectivity index (χ1v) is 13.2. The summed E-state index contributed by atoms with van der Waals surface area (Å²) in [6.45, 7) is 4.45. The van der Waals surface area contributed by atoms with Gasteiger partial charge in [-0.25, -0.2) is 18.2 Å². The molecule has 2 aromatic heterocycles. The Hall–Kier alpha value is -4.73. The summed E-state index contributed by atoms with van der Waals surface area (Å²) in [5, 5.41) is 0.176. The van der Waals surface area contributed by atoms with Crippen LogP contribution >= 0.6 is 0 Å². The van der Waals surface area contributed by atoms with Gasteiger partial charge in [-0.05, 0) is 44.5 Å². The van der Waals surface area contributed by atoms with Crippen LogP contribution in [-0.4, -0.2) is 34.1 Å². The number of carbonyl (C=O) groups excluding carboxylic acids is 1. The topological polar surface area (TPSA) is 89.2 Å². The quantitative estimate of drug-likeness (QED) is 0.210. The van der Waals surface area contributed by atoms with Crippen molar-refractivity contribution in [1.29, 1.82) is 0 Å². The van der Waals surface area contributed by atoms with Gasteiger partial charge in [0.2, 0.25) is 0 Å². The summed E-state index contributed by atoms with van der Waals surface area (Å²) in [6.07, 6.45) is 3.88. The lowest BCUT2D eigenvalue weighted by molar-refractivity contribution is -0.142. The predicted octanol–water partition coefficient (Wildman–Crippen LogP) is 6.96. The highest BCUT2D eigenvalue weighted by atomic mass is 19.1. The van der Waals surface area contributed by atoms with Crippen molar-refractivity contribution < 1.29 is 32.2 Å². The number of H-pyrrole nitrogens is 2. The zero-order chi connectivity index (χ0) is 28.7. The summed E-state index contributed by atoms with van der Waals surface area (Å²) in [5.41, 5.74) is 1.99. The van der Waals surface area contributed by atoms with E-state index in [0.29, 0.717) is 30.0 Å². The van der Waals surface area contributed by atoms with Gasteiger partial charge in [0.15, 0.2) is 17.4 Å². The Kier molecular flexibility index (Phi) is 6.69. The smallest absolute Gasteiger partial charge is 0.310 e. The second-order valence-electron chi connectivity index (χ2n) is 10.0. The molecule has 0 amide bonds. The highest BCUT2D eigenvalue weighted by Gasteiger charge is 2.38. The minimum absolute atomic E-state index is 0.0401. The summed E-state index contributed by atoms with van der Waals surface area (Å²) in [5.74, 6) is -2.39. The molecule has 0 saturated heterocycles. The van der Waals surface area contributed by atoms with Crippen molar-refractivity contribution in [3.63, 3.8) is 0 Å². The fraction of sp³-hybridized carbons (Fsp3) is 0.226. The molecule has 1 aliphatic heterocycles. The molecule has 41 heavy (non-hydrogen) atoms. The molecule has 7 nitrogen and oxygen atoms in total. The minimum atomic E-state index is -0.892. The zero-order valence-electron chi connectivity index (χ0n) is 22.3. The average Bonchev–Trinajstić information content (AvgIpc) is 3.63. The van der Waals surface area contributed by atoms with Crippen LogP contribution in [0.5, 0.6) is 17.2 Å². The van der Waals surface area contributed by atoms with E-state index in [0.717, 1.165) is 23.3 Å². The van der Waals surface area contributed by atoms with E-state index in [4.69, 9.17) is 19.2 Å². The van der Waals surface area contributed by atoms with Crippen LogP contribution in [0.25, 0.3) is 22.3 Å². The van der Waals surface area contributed by atoms with Gasteiger partial charge in [-0.2, -0.15) is 0 Å². The standard InChI is InChI=1S/C31H26F3N3O4/c1-3-39-26(38)13-17-5-4-6-21-28(17)40-12-10-31(21,2)25-16-36-30(37-25)20-14-18(7-8-22(20)32)41-29-23(33)15-24-19(27(29)34)9-11-35-24/h4-9,11,14-16,35H,3,10,12-13H2,1-2H3,(H,36,37)/t31-/m1/s1. The van der Waals surface area contributed by atoms with Gasteiger partial charge in [0, 0.05) is 40.4 Å². The number of imidazole rings is 1. The lowest BCUT2D eigenvalue weighted by atomic mass is 9.74. The number of nitrogens with zero attached hydrogens (tertiary/aromatic N) is 1. The molecular weight excluding hydrogens is 535 g/mol. The lowest BCUT2D eigenvalue weighted by Gasteiger charge is -2.35. The third-order valence-electron chi connectivity index (χ3n) is 7.44. The highest BCUT2D eigenvalue weighted by Crippen LogP contribution is 2.45. The number of ether oxygens (including phenoxy) is 3. The number of halogens is 3. The molecule has 6 rings (SSSR count). The molecule has 3 aromatic carbocycles. The molecule has 0 aliphatic carbocycles. The normalized spacial score (nSPS) is 16.3. The van der Waals surface area contributed by atoms with Gasteiger partial charge in [0.25, 0.3) is 0 Å². The van der Waals surface area contributed by atoms with Gasteiger partial charge in [-0.1, -0.05) is 18.2 Å². The van der Waals surface area contributed by atoms with Gasteiger partial charge in [-0.15, -0.1) is 0 Å². The van der Waals surface area contributed by atoms with Crippen molar-refractivity contribution in [1.82, 2.24) is 15.0 Å². The number of benzene rings is 3. The van der Waals surface area contributed by atoms with E-state index in [9.17, 15) is 13.6 Å². The molecule has 0 fully saturated rings. The Morgan fingerprint density at radius 2 is 1.95 bits per heavy atom. The van der Waals surface area contributed by atoms with Crippen molar-refractivity contribution in [3.8, 4) is 28.6 Å². The molecule has 0 unspecified atom stereocenters. The third-order valence-corrected chi connectivity index (χ3v) is 7.44. The Labute approximate surface area is 233 Å². The molecule has 210 valence electrons. The number of carbonyl (C=O) groups is 1. The Morgan fingerprint density at radius 1 is 1.10 bits per heavy atom. The largest absolute Gasteiger partial charge is 0.493 e. The van der Waals surface area contributed by atoms with E-state index >= 15 is 4.39 Å². The molecule has 1 atom stereocenters. The molecule has 0 bridgehead atoms. The number of nitrogens with one attached hydrogen (secondary N) is 2. The summed E-state index contributed by atoms with van der Waals surface area (Å²) >= 11 is 0. The number of hydrogen-bond acceptors (Lipinski definition) is 5. The van der Waals surface area contributed by atoms with Crippen LogP contribution in [0.1, 0.15) is 37.1 Å². The first kappa shape index (κ1) is 26.5. The van der Waals surface area contributed by atoms with Crippen molar-refractivity contribution in [2.24, 2.45) is 0 Å². The summed E-state index contributed by atoms with van der Waals surface area (Å²) in [6, 6.07) is 12.0. The van der Waals surface area contributed by atoms with Crippen LogP contribution in [0.4, 0.5) is 13.2 Å². The molecule has 1 aliphatic rings. The Bertz CT molecular complexity index is 1780. The first-order chi connectivity index (χ1) is 19.8. The molecule has 0 radical (unpaired) electrons. The first-order valence-electron chi connectivity index (χ1n) is 13.2. The van der Waals surface area contributed by atoms with Crippen LogP contribution in [0.3, 0.4) is 0 Å². The minimum Gasteiger partial charge on any atom is -0.493 e. The van der Waals surface area contributed by atoms with Gasteiger partial charge in [-0.3, -0.25) is 4.79 Å². The second kappa shape index (κ2) is 10.3. The number of rotatable bonds is 7. The maximum atomic E-state index is 15.0. The monoisotopic (exact) mass is 561 g/mol. The van der Waals surface area contributed by atoms with Crippen molar-refractivity contribution >= 4 is 16.9 Å².